The Morgan fingerprint density at radius 2 is 1.94 bits per heavy atom. The Balaban J connectivity index is 2.09. The first kappa shape index (κ1) is 12.1. The zero-order valence-electron chi connectivity index (χ0n) is 10.3. The molecule has 0 aliphatic rings. The monoisotopic (exact) mass is 238 g/mol. The van der Waals surface area contributed by atoms with E-state index in [1.165, 1.54) is 21.2 Å². The van der Waals surface area contributed by atoms with Crippen molar-refractivity contribution in [2.45, 2.75) is 6.42 Å². The predicted molar refractivity (Wildman–Crippen MR) is 70.9 cm³/mol. The molecule has 18 heavy (non-hydrogen) atoms. The van der Waals surface area contributed by atoms with Crippen LogP contribution >= 0.6 is 0 Å². The van der Waals surface area contributed by atoms with E-state index in [0.717, 1.165) is 6.42 Å². The second-order valence-corrected chi connectivity index (χ2v) is 4.27. The van der Waals surface area contributed by atoms with E-state index in [1.807, 2.05) is 12.1 Å². The first-order valence-electron chi connectivity index (χ1n) is 5.83. The minimum atomic E-state index is -0.490. The molecule has 0 heterocycles. The molecule has 0 bridgehead atoms. The molecule has 0 unspecified atom stereocenters. The molecule has 0 saturated heterocycles. The molecular weight excluding hydrogens is 224 g/mol. The summed E-state index contributed by atoms with van der Waals surface area (Å²) < 4.78 is 0. The number of nitrogens with zero attached hydrogens (tertiary/aromatic N) is 2. The fourth-order valence-electron chi connectivity index (χ4n) is 1.88. The molecule has 0 N–H and O–H groups in total. The number of fused-ring (bicyclic) bond motifs is 1. The van der Waals surface area contributed by atoms with Gasteiger partial charge in [-0.25, -0.2) is 0 Å². The Morgan fingerprint density at radius 1 is 1.22 bits per heavy atom. The normalized spacial score (nSPS) is 10.0. The summed E-state index contributed by atoms with van der Waals surface area (Å²) >= 11 is 0. The summed E-state index contributed by atoms with van der Waals surface area (Å²) in [4.78, 5) is 12.5. The van der Waals surface area contributed by atoms with Gasteiger partial charge in [-0.15, -0.1) is 0 Å². The van der Waals surface area contributed by atoms with Crippen LogP contribution in [-0.2, 0) is 11.2 Å². The molecule has 3 nitrogen and oxygen atoms in total. The van der Waals surface area contributed by atoms with Crippen LogP contribution in [0.2, 0.25) is 0 Å². The van der Waals surface area contributed by atoms with E-state index in [9.17, 15) is 4.79 Å². The molecule has 3 heteroatoms. The smallest absolute Gasteiger partial charge is 0.324 e. The van der Waals surface area contributed by atoms with Crippen LogP contribution in [0.3, 0.4) is 0 Å². The molecule has 0 fully saturated rings. The largest absolute Gasteiger partial charge is 0.333 e. The van der Waals surface area contributed by atoms with Crippen molar-refractivity contribution in [3.63, 3.8) is 0 Å². The molecule has 2 rings (SSSR count). The van der Waals surface area contributed by atoms with Gasteiger partial charge in [0, 0.05) is 13.6 Å². The van der Waals surface area contributed by atoms with Gasteiger partial charge in [0.2, 0.25) is 0 Å². The van der Waals surface area contributed by atoms with Crippen LogP contribution in [0.5, 0.6) is 0 Å². The molecule has 0 spiro atoms. The standard InChI is InChI=1S/C15H14N2O/c1-17(15(18)11-16)9-8-12-6-7-13-4-2-3-5-14(13)10-12/h2-7,10H,8-9H2,1H3. The van der Waals surface area contributed by atoms with Crippen molar-refractivity contribution in [2.75, 3.05) is 13.6 Å². The molecule has 0 aliphatic heterocycles. The Morgan fingerprint density at radius 3 is 2.67 bits per heavy atom. The molecule has 0 aromatic heterocycles. The molecule has 90 valence electrons. The molecule has 2 aromatic rings. The highest BCUT2D eigenvalue weighted by Gasteiger charge is 2.06. The summed E-state index contributed by atoms with van der Waals surface area (Å²) in [6.07, 6.45) is 0.759. The van der Waals surface area contributed by atoms with Crippen LogP contribution in [0.25, 0.3) is 10.8 Å². The van der Waals surface area contributed by atoms with Gasteiger partial charge in [0.15, 0.2) is 6.07 Å². The van der Waals surface area contributed by atoms with Crippen molar-refractivity contribution in [3.8, 4) is 6.07 Å². The highest BCUT2D eigenvalue weighted by molar-refractivity contribution is 5.91. The topological polar surface area (TPSA) is 44.1 Å². The number of amides is 1. The lowest BCUT2D eigenvalue weighted by molar-refractivity contribution is -0.124. The summed E-state index contributed by atoms with van der Waals surface area (Å²) in [5.74, 6) is -0.490. The summed E-state index contributed by atoms with van der Waals surface area (Å²) in [5, 5.41) is 10.9. The van der Waals surface area contributed by atoms with Gasteiger partial charge in [0.25, 0.3) is 0 Å². The summed E-state index contributed by atoms with van der Waals surface area (Å²) in [6, 6.07) is 16.1. The zero-order chi connectivity index (χ0) is 13.0. The van der Waals surface area contributed by atoms with Crippen LogP contribution in [-0.4, -0.2) is 24.4 Å². The highest BCUT2D eigenvalue weighted by atomic mass is 16.2. The van der Waals surface area contributed by atoms with Crippen molar-refractivity contribution in [2.24, 2.45) is 0 Å². The van der Waals surface area contributed by atoms with Crippen molar-refractivity contribution in [1.29, 1.82) is 5.26 Å². The Labute approximate surface area is 106 Å². The van der Waals surface area contributed by atoms with Gasteiger partial charge in [-0.1, -0.05) is 42.5 Å². The van der Waals surface area contributed by atoms with Crippen LogP contribution < -0.4 is 0 Å². The number of hydrogen-bond acceptors (Lipinski definition) is 2. The third kappa shape index (κ3) is 2.67. The first-order valence-corrected chi connectivity index (χ1v) is 5.83. The minimum Gasteiger partial charge on any atom is -0.333 e. The molecule has 0 atom stereocenters. The van der Waals surface area contributed by atoms with Crippen LogP contribution in [0.1, 0.15) is 5.56 Å². The van der Waals surface area contributed by atoms with Gasteiger partial charge in [-0.05, 0) is 22.8 Å². The van der Waals surface area contributed by atoms with Crippen molar-refractivity contribution < 1.29 is 4.79 Å². The average Bonchev–Trinajstić information content (AvgIpc) is 2.43. The van der Waals surface area contributed by atoms with Gasteiger partial charge >= 0.3 is 5.91 Å². The number of likely N-dealkylation sites (N-methyl/N-ethyl adjacent to an activating group) is 1. The summed E-state index contributed by atoms with van der Waals surface area (Å²) in [7, 11) is 1.65. The third-order valence-corrected chi connectivity index (χ3v) is 2.99. The number of rotatable bonds is 3. The fraction of sp³-hybridized carbons (Fsp3) is 0.200. The lowest BCUT2D eigenvalue weighted by Crippen LogP contribution is -2.27. The van der Waals surface area contributed by atoms with E-state index in [4.69, 9.17) is 5.26 Å². The van der Waals surface area contributed by atoms with Crippen LogP contribution in [0.4, 0.5) is 0 Å². The second kappa shape index (κ2) is 5.33. The van der Waals surface area contributed by atoms with E-state index in [1.54, 1.807) is 13.1 Å². The Hall–Kier alpha value is -2.34. The fourth-order valence-corrected chi connectivity index (χ4v) is 1.88. The maximum absolute atomic E-state index is 11.1. The zero-order valence-corrected chi connectivity index (χ0v) is 10.3. The van der Waals surface area contributed by atoms with E-state index < -0.39 is 5.91 Å². The van der Waals surface area contributed by atoms with Crippen molar-refractivity contribution >= 4 is 16.7 Å². The van der Waals surface area contributed by atoms with Gasteiger partial charge in [0.05, 0.1) is 0 Å². The molecule has 0 saturated carbocycles. The quantitative estimate of drug-likeness (QED) is 0.770. The maximum atomic E-state index is 11.1. The number of carbonyl (C=O) groups is 1. The molecular formula is C15H14N2O. The Bertz CT molecular complexity index is 613. The minimum absolute atomic E-state index is 0.490. The van der Waals surface area contributed by atoms with E-state index in [2.05, 4.69) is 30.3 Å². The summed E-state index contributed by atoms with van der Waals surface area (Å²) in [6.45, 7) is 0.560. The van der Waals surface area contributed by atoms with Gasteiger partial charge in [-0.2, -0.15) is 5.26 Å². The lowest BCUT2D eigenvalue weighted by atomic mass is 10.1. The van der Waals surface area contributed by atoms with Crippen LogP contribution in [0, 0.1) is 11.3 Å². The maximum Gasteiger partial charge on any atom is 0.324 e. The highest BCUT2D eigenvalue weighted by Crippen LogP contribution is 2.16. The number of hydrogen-bond donors (Lipinski definition) is 0. The van der Waals surface area contributed by atoms with E-state index >= 15 is 0 Å². The molecule has 0 aliphatic carbocycles. The van der Waals surface area contributed by atoms with Crippen molar-refractivity contribution in [3.05, 3.63) is 48.0 Å². The lowest BCUT2D eigenvalue weighted by Gasteiger charge is -2.12. The molecule has 1 amide bonds. The summed E-state index contributed by atoms with van der Waals surface area (Å²) in [5.41, 5.74) is 1.17. The molecule has 0 radical (unpaired) electrons. The van der Waals surface area contributed by atoms with Gasteiger partial charge < -0.3 is 4.90 Å². The number of benzene rings is 2. The van der Waals surface area contributed by atoms with Crippen molar-refractivity contribution in [1.82, 2.24) is 4.90 Å². The first-order chi connectivity index (χ1) is 8.70. The van der Waals surface area contributed by atoms with Gasteiger partial charge in [0.1, 0.15) is 0 Å². The molecule has 2 aromatic carbocycles. The Kier molecular flexibility index (Phi) is 3.59. The number of nitriles is 1. The van der Waals surface area contributed by atoms with Crippen LogP contribution in [0.15, 0.2) is 42.5 Å². The predicted octanol–water partition coefficient (Wildman–Crippen LogP) is 2.36. The third-order valence-electron chi connectivity index (χ3n) is 2.99. The van der Waals surface area contributed by atoms with Gasteiger partial charge in [-0.3, -0.25) is 4.79 Å². The number of carbonyl (C=O) groups excluding carboxylic acids is 1. The SMILES string of the molecule is CN(CCc1ccc2ccccc2c1)C(=O)C#N. The average molecular weight is 238 g/mol. The van der Waals surface area contributed by atoms with E-state index in [-0.39, 0.29) is 0 Å². The van der Waals surface area contributed by atoms with E-state index in [0.29, 0.717) is 6.54 Å². The second-order valence-electron chi connectivity index (χ2n) is 4.27.